The van der Waals surface area contributed by atoms with Gasteiger partial charge in [-0.3, -0.25) is 4.57 Å². The first-order valence-electron chi connectivity index (χ1n) is 5.01. The maximum Gasteiger partial charge on any atom is 1.00 e. The molecule has 1 aromatic heterocycles. The van der Waals surface area contributed by atoms with Crippen molar-refractivity contribution < 1.29 is 49.6 Å². The molecule has 2 heterocycles. The predicted octanol–water partition coefficient (Wildman–Crippen LogP) is -5.56. The van der Waals surface area contributed by atoms with E-state index in [0.717, 1.165) is 4.57 Å². The van der Waals surface area contributed by atoms with Crippen LogP contribution in [0.15, 0.2) is 17.1 Å². The van der Waals surface area contributed by atoms with Crippen LogP contribution >= 0.6 is 0 Å². The van der Waals surface area contributed by atoms with Crippen LogP contribution in [0.1, 0.15) is 6.23 Å². The standard InChI is InChI=1S/C9H13N3O5.Na/c10-5-1-2-12(9(16)11-5)8-7(15)6(14)4(3-13)17-8;/h1-2,4,6-8,13-15H,3H2,(H2,10,11,16);/q;+1/t4-,6-,7-,8-;/m1./s1. The molecule has 18 heavy (non-hydrogen) atoms. The van der Waals surface area contributed by atoms with Crippen LogP contribution in [-0.2, 0) is 4.74 Å². The van der Waals surface area contributed by atoms with Crippen LogP contribution in [0.3, 0.4) is 0 Å². The molecule has 0 aliphatic carbocycles. The van der Waals surface area contributed by atoms with E-state index in [2.05, 4.69) is 4.98 Å². The average Bonchev–Trinajstić information content (AvgIpc) is 2.57. The maximum absolute atomic E-state index is 11.5. The first-order valence-corrected chi connectivity index (χ1v) is 5.01. The Morgan fingerprint density at radius 3 is 2.61 bits per heavy atom. The number of nitrogens with zero attached hydrogens (tertiary/aromatic N) is 2. The van der Waals surface area contributed by atoms with Gasteiger partial charge >= 0.3 is 35.2 Å². The van der Waals surface area contributed by atoms with Gasteiger partial charge in [0.2, 0.25) is 0 Å². The first kappa shape index (κ1) is 15.6. The molecule has 8 nitrogen and oxygen atoms in total. The van der Waals surface area contributed by atoms with Gasteiger partial charge in [0.05, 0.1) is 6.61 Å². The van der Waals surface area contributed by atoms with E-state index in [9.17, 15) is 15.0 Å². The Kier molecular flexibility index (Phi) is 5.29. The summed E-state index contributed by atoms with van der Waals surface area (Å²) in [5, 5.41) is 28.2. The van der Waals surface area contributed by atoms with Gasteiger partial charge in [-0.1, -0.05) is 0 Å². The summed E-state index contributed by atoms with van der Waals surface area (Å²) >= 11 is 0. The van der Waals surface area contributed by atoms with Crippen LogP contribution < -0.4 is 41.0 Å². The topological polar surface area (TPSA) is 131 Å². The zero-order valence-corrected chi connectivity index (χ0v) is 11.8. The molecule has 0 amide bonds. The number of hydrogen-bond acceptors (Lipinski definition) is 7. The third kappa shape index (κ3) is 2.75. The van der Waals surface area contributed by atoms with E-state index < -0.39 is 36.8 Å². The van der Waals surface area contributed by atoms with Gasteiger partial charge < -0.3 is 25.8 Å². The van der Waals surface area contributed by atoms with E-state index in [1.807, 2.05) is 0 Å². The van der Waals surface area contributed by atoms with Crippen molar-refractivity contribution in [1.29, 1.82) is 0 Å². The van der Waals surface area contributed by atoms with Crippen molar-refractivity contribution in [2.45, 2.75) is 24.5 Å². The SMILES string of the molecule is Nc1ccn([C@@H]2O[C@H](CO)[C@@H](O)[C@H]2O)c(=O)n1.[Na+]. The first-order chi connectivity index (χ1) is 8.04. The van der Waals surface area contributed by atoms with E-state index in [1.165, 1.54) is 12.3 Å². The molecule has 5 N–H and O–H groups in total. The van der Waals surface area contributed by atoms with E-state index in [1.54, 1.807) is 0 Å². The number of nitrogens with two attached hydrogens (primary N) is 1. The van der Waals surface area contributed by atoms with Crippen LogP contribution in [0.2, 0.25) is 0 Å². The van der Waals surface area contributed by atoms with Crippen LogP contribution in [-0.4, -0.2) is 49.8 Å². The van der Waals surface area contributed by atoms with E-state index >= 15 is 0 Å². The van der Waals surface area contributed by atoms with Crippen LogP contribution in [0.5, 0.6) is 0 Å². The third-order valence-electron chi connectivity index (χ3n) is 2.64. The monoisotopic (exact) mass is 266 g/mol. The number of aliphatic hydroxyl groups excluding tert-OH is 3. The van der Waals surface area contributed by atoms with E-state index in [-0.39, 0.29) is 35.4 Å². The van der Waals surface area contributed by atoms with Crippen LogP contribution in [0.4, 0.5) is 5.82 Å². The zero-order chi connectivity index (χ0) is 12.6. The molecule has 1 aliphatic heterocycles. The fraction of sp³-hybridized carbons (Fsp3) is 0.556. The zero-order valence-electron chi connectivity index (χ0n) is 9.80. The van der Waals surface area contributed by atoms with Gasteiger partial charge in [0.25, 0.3) is 0 Å². The normalized spacial score (nSPS) is 31.1. The van der Waals surface area contributed by atoms with Crippen molar-refractivity contribution in [3.8, 4) is 0 Å². The van der Waals surface area contributed by atoms with Gasteiger partial charge in [-0.25, -0.2) is 4.79 Å². The molecule has 0 unspecified atom stereocenters. The second-order valence-corrected chi connectivity index (χ2v) is 3.77. The molecule has 0 bridgehead atoms. The minimum Gasteiger partial charge on any atom is -0.394 e. The maximum atomic E-state index is 11.5. The molecule has 1 aliphatic rings. The summed E-state index contributed by atoms with van der Waals surface area (Å²) in [6.07, 6.45) is -3.27. The molecule has 9 heteroatoms. The minimum absolute atomic E-state index is 0. The molecule has 4 atom stereocenters. The number of anilines is 1. The number of nitrogen functional groups attached to an aromatic ring is 1. The van der Waals surface area contributed by atoms with Crippen molar-refractivity contribution >= 4 is 5.82 Å². The molecular weight excluding hydrogens is 253 g/mol. The summed E-state index contributed by atoms with van der Waals surface area (Å²) < 4.78 is 6.19. The van der Waals surface area contributed by atoms with Crippen LogP contribution in [0.25, 0.3) is 0 Å². The van der Waals surface area contributed by atoms with Gasteiger partial charge in [-0.2, -0.15) is 4.98 Å². The largest absolute Gasteiger partial charge is 1.00 e. The van der Waals surface area contributed by atoms with Gasteiger partial charge in [-0.05, 0) is 6.07 Å². The number of rotatable bonds is 2. The van der Waals surface area contributed by atoms with E-state index in [4.69, 9.17) is 15.6 Å². The van der Waals surface area contributed by atoms with Gasteiger partial charge in [-0.15, -0.1) is 0 Å². The summed E-state index contributed by atoms with van der Waals surface area (Å²) in [5.74, 6) is 0.0537. The fourth-order valence-electron chi connectivity index (χ4n) is 1.73. The van der Waals surface area contributed by atoms with Crippen molar-refractivity contribution in [2.75, 3.05) is 12.3 Å². The Labute approximate surface area is 124 Å². The van der Waals surface area contributed by atoms with Gasteiger partial charge in [0, 0.05) is 6.20 Å². The molecule has 2 rings (SSSR count). The summed E-state index contributed by atoms with van der Waals surface area (Å²) in [7, 11) is 0. The number of aromatic nitrogens is 2. The Balaban J connectivity index is 0.00000162. The number of aliphatic hydroxyl groups is 3. The number of hydrogen-bond donors (Lipinski definition) is 4. The molecule has 1 fully saturated rings. The smallest absolute Gasteiger partial charge is 0.394 e. The average molecular weight is 266 g/mol. The third-order valence-corrected chi connectivity index (χ3v) is 2.64. The van der Waals surface area contributed by atoms with Gasteiger partial charge in [0.15, 0.2) is 6.23 Å². The summed E-state index contributed by atoms with van der Waals surface area (Å²) in [6, 6.07) is 1.37. The van der Waals surface area contributed by atoms with Crippen LogP contribution in [0, 0.1) is 0 Å². The van der Waals surface area contributed by atoms with Crippen molar-refractivity contribution in [3.63, 3.8) is 0 Å². The summed E-state index contributed by atoms with van der Waals surface area (Å²) in [4.78, 5) is 15.0. The Morgan fingerprint density at radius 2 is 2.11 bits per heavy atom. The van der Waals surface area contributed by atoms with E-state index in [0.29, 0.717) is 0 Å². The Morgan fingerprint density at radius 1 is 1.44 bits per heavy atom. The number of ether oxygens (including phenoxy) is 1. The summed E-state index contributed by atoms with van der Waals surface area (Å²) in [5.41, 5.74) is 4.63. The molecule has 1 aromatic rings. The molecule has 0 aromatic carbocycles. The fourth-order valence-corrected chi connectivity index (χ4v) is 1.73. The quantitative estimate of drug-likeness (QED) is 0.393. The Hall–Kier alpha value is -0.480. The molecule has 94 valence electrons. The molecular formula is C9H13N3NaO5+. The minimum atomic E-state index is -1.31. The second-order valence-electron chi connectivity index (χ2n) is 3.77. The molecule has 0 radical (unpaired) electrons. The van der Waals surface area contributed by atoms with Crippen molar-refractivity contribution in [1.82, 2.24) is 9.55 Å². The molecule has 1 saturated heterocycles. The Bertz CT molecular complexity index is 468. The second kappa shape index (κ2) is 6.11. The van der Waals surface area contributed by atoms with Gasteiger partial charge in [0.1, 0.15) is 24.1 Å². The van der Waals surface area contributed by atoms with Crippen molar-refractivity contribution in [3.05, 3.63) is 22.7 Å². The van der Waals surface area contributed by atoms with Crippen molar-refractivity contribution in [2.24, 2.45) is 0 Å². The predicted molar refractivity (Wildman–Crippen MR) is 55.9 cm³/mol. The molecule has 0 saturated carbocycles. The summed E-state index contributed by atoms with van der Waals surface area (Å²) in [6.45, 7) is -0.453. The molecule has 0 spiro atoms.